The summed E-state index contributed by atoms with van der Waals surface area (Å²) >= 11 is 0. The third-order valence-corrected chi connectivity index (χ3v) is 5.95. The van der Waals surface area contributed by atoms with Gasteiger partial charge in [-0.25, -0.2) is 0 Å². The third kappa shape index (κ3) is 4.12. The second-order valence-electron chi connectivity index (χ2n) is 8.43. The van der Waals surface area contributed by atoms with Gasteiger partial charge in [0, 0.05) is 43.3 Å². The van der Waals surface area contributed by atoms with Gasteiger partial charge in [-0.2, -0.15) is 0 Å². The summed E-state index contributed by atoms with van der Waals surface area (Å²) in [5.74, 6) is -0.990. The summed E-state index contributed by atoms with van der Waals surface area (Å²) in [7, 11) is 0. The monoisotopic (exact) mass is 411 g/mol. The number of morpholine rings is 1. The second kappa shape index (κ2) is 8.60. The molecule has 2 fully saturated rings. The van der Waals surface area contributed by atoms with Gasteiger partial charge in [-0.15, -0.1) is 0 Å². The fourth-order valence-corrected chi connectivity index (χ4v) is 4.55. The van der Waals surface area contributed by atoms with Crippen LogP contribution in [-0.4, -0.2) is 70.4 Å². The van der Waals surface area contributed by atoms with Crippen LogP contribution in [0.15, 0.2) is 30.5 Å². The first-order valence-corrected chi connectivity index (χ1v) is 10.8. The lowest BCUT2D eigenvalue weighted by atomic mass is 10.1. The minimum absolute atomic E-state index is 0.0524. The summed E-state index contributed by atoms with van der Waals surface area (Å²) in [5, 5.41) is 0.705. The molecule has 0 saturated carbocycles. The Morgan fingerprint density at radius 1 is 0.967 bits per heavy atom. The van der Waals surface area contributed by atoms with Crippen LogP contribution >= 0.6 is 0 Å². The Labute approximate surface area is 176 Å². The zero-order valence-corrected chi connectivity index (χ0v) is 17.7. The SMILES string of the molecule is C[C@@H]1CN(C(=O)C(=O)c2cn(CC(=O)N3CCCCC3)c3ccccc23)C[C@H](C)O1. The zero-order chi connectivity index (χ0) is 21.3. The Balaban J connectivity index is 1.59. The minimum Gasteiger partial charge on any atom is -0.372 e. The van der Waals surface area contributed by atoms with Crippen LogP contribution in [0.4, 0.5) is 0 Å². The van der Waals surface area contributed by atoms with Gasteiger partial charge in [-0.3, -0.25) is 14.4 Å². The maximum absolute atomic E-state index is 13.1. The number of aromatic nitrogens is 1. The van der Waals surface area contributed by atoms with Crippen LogP contribution in [0.5, 0.6) is 0 Å². The topological polar surface area (TPSA) is 71.9 Å². The van der Waals surface area contributed by atoms with E-state index in [0.29, 0.717) is 24.0 Å². The van der Waals surface area contributed by atoms with Gasteiger partial charge >= 0.3 is 0 Å². The number of nitrogens with zero attached hydrogens (tertiary/aromatic N) is 3. The van der Waals surface area contributed by atoms with Gasteiger partial charge in [0.15, 0.2) is 0 Å². The van der Waals surface area contributed by atoms with Crippen molar-refractivity contribution in [2.45, 2.75) is 51.9 Å². The van der Waals surface area contributed by atoms with E-state index in [0.717, 1.165) is 37.9 Å². The molecule has 0 N–H and O–H groups in total. The van der Waals surface area contributed by atoms with E-state index in [1.54, 1.807) is 15.7 Å². The number of para-hydroxylation sites is 1. The molecule has 2 atom stereocenters. The van der Waals surface area contributed by atoms with Crippen molar-refractivity contribution in [3.8, 4) is 0 Å². The van der Waals surface area contributed by atoms with Crippen molar-refractivity contribution in [3.05, 3.63) is 36.0 Å². The van der Waals surface area contributed by atoms with Crippen molar-refractivity contribution in [2.24, 2.45) is 0 Å². The summed E-state index contributed by atoms with van der Waals surface area (Å²) in [6.45, 7) is 6.36. The summed E-state index contributed by atoms with van der Waals surface area (Å²) in [5.41, 5.74) is 1.15. The number of Topliss-reactive ketones (excluding diaryl/α,β-unsaturated/α-hetero) is 1. The zero-order valence-electron chi connectivity index (χ0n) is 17.7. The molecule has 3 heterocycles. The third-order valence-electron chi connectivity index (χ3n) is 5.95. The molecule has 0 unspecified atom stereocenters. The predicted octanol–water partition coefficient (Wildman–Crippen LogP) is 2.47. The number of ether oxygens (including phenoxy) is 1. The molecule has 2 amide bonds. The van der Waals surface area contributed by atoms with Gasteiger partial charge < -0.3 is 19.1 Å². The Bertz CT molecular complexity index is 951. The number of hydrogen-bond donors (Lipinski definition) is 0. The number of ketones is 1. The fourth-order valence-electron chi connectivity index (χ4n) is 4.55. The number of carbonyl (C=O) groups excluding carboxylic acids is 3. The molecule has 7 nitrogen and oxygen atoms in total. The summed E-state index contributed by atoms with van der Waals surface area (Å²) in [6, 6.07) is 7.45. The highest BCUT2D eigenvalue weighted by Crippen LogP contribution is 2.24. The summed E-state index contributed by atoms with van der Waals surface area (Å²) in [6.07, 6.45) is 4.69. The summed E-state index contributed by atoms with van der Waals surface area (Å²) in [4.78, 5) is 42.3. The van der Waals surface area contributed by atoms with Crippen LogP contribution < -0.4 is 0 Å². The molecule has 2 saturated heterocycles. The number of carbonyl (C=O) groups is 3. The van der Waals surface area contributed by atoms with Gasteiger partial charge in [0.25, 0.3) is 11.7 Å². The van der Waals surface area contributed by atoms with Crippen LogP contribution in [0.25, 0.3) is 10.9 Å². The van der Waals surface area contributed by atoms with Gasteiger partial charge in [0.05, 0.1) is 17.8 Å². The standard InChI is InChI=1S/C23H29N3O4/c1-16-12-26(13-17(2)30-16)23(29)22(28)19-14-25(20-9-5-4-8-18(19)20)15-21(27)24-10-6-3-7-11-24/h4-5,8-9,14,16-17H,3,6-7,10-13,15H2,1-2H3/t16-,17+. The normalized spacial score (nSPS) is 22.3. The van der Waals surface area contributed by atoms with Crippen LogP contribution in [-0.2, 0) is 20.9 Å². The van der Waals surface area contributed by atoms with Gasteiger partial charge in [-0.05, 0) is 39.2 Å². The number of amides is 2. The molecule has 2 aliphatic rings. The molecule has 0 radical (unpaired) electrons. The quantitative estimate of drug-likeness (QED) is 0.572. The highest BCUT2D eigenvalue weighted by atomic mass is 16.5. The highest BCUT2D eigenvalue weighted by Gasteiger charge is 2.32. The first-order chi connectivity index (χ1) is 14.4. The molecule has 1 aromatic carbocycles. The molecule has 2 aliphatic heterocycles. The molecular weight excluding hydrogens is 382 g/mol. The van der Waals surface area contributed by atoms with E-state index < -0.39 is 11.7 Å². The molecule has 0 aliphatic carbocycles. The molecule has 0 bridgehead atoms. The van der Waals surface area contributed by atoms with E-state index in [-0.39, 0.29) is 24.7 Å². The van der Waals surface area contributed by atoms with E-state index in [2.05, 4.69) is 0 Å². The molecular formula is C23H29N3O4. The number of piperidine rings is 1. The molecule has 7 heteroatoms. The number of likely N-dealkylation sites (tertiary alicyclic amines) is 1. The average Bonchev–Trinajstić information content (AvgIpc) is 3.11. The van der Waals surface area contributed by atoms with Crippen molar-refractivity contribution in [3.63, 3.8) is 0 Å². The largest absolute Gasteiger partial charge is 0.372 e. The number of fused-ring (bicyclic) bond motifs is 1. The van der Waals surface area contributed by atoms with E-state index in [9.17, 15) is 14.4 Å². The number of rotatable bonds is 4. The number of hydrogen-bond acceptors (Lipinski definition) is 4. The lowest BCUT2D eigenvalue weighted by molar-refractivity contribution is -0.138. The molecule has 0 spiro atoms. The van der Waals surface area contributed by atoms with E-state index in [1.165, 1.54) is 0 Å². The molecule has 1 aromatic heterocycles. The Hall–Kier alpha value is -2.67. The fraction of sp³-hybridized carbons (Fsp3) is 0.522. The van der Waals surface area contributed by atoms with E-state index >= 15 is 0 Å². The lowest BCUT2D eigenvalue weighted by Crippen LogP contribution is -2.50. The Kier molecular flexibility index (Phi) is 5.90. The molecule has 4 rings (SSSR count). The van der Waals surface area contributed by atoms with E-state index in [4.69, 9.17) is 4.74 Å². The molecule has 2 aromatic rings. The van der Waals surface area contributed by atoms with Crippen LogP contribution in [0.3, 0.4) is 0 Å². The van der Waals surface area contributed by atoms with Crippen LogP contribution in [0.1, 0.15) is 43.5 Å². The van der Waals surface area contributed by atoms with E-state index in [1.807, 2.05) is 43.0 Å². The molecule has 30 heavy (non-hydrogen) atoms. The summed E-state index contributed by atoms with van der Waals surface area (Å²) < 4.78 is 7.48. The predicted molar refractivity (Wildman–Crippen MR) is 113 cm³/mol. The number of benzene rings is 1. The Morgan fingerprint density at radius 3 is 2.33 bits per heavy atom. The average molecular weight is 412 g/mol. The minimum atomic E-state index is -0.531. The van der Waals surface area contributed by atoms with Crippen molar-refractivity contribution < 1.29 is 19.1 Å². The second-order valence-corrected chi connectivity index (χ2v) is 8.43. The van der Waals surface area contributed by atoms with Crippen molar-refractivity contribution in [1.82, 2.24) is 14.4 Å². The lowest BCUT2D eigenvalue weighted by Gasteiger charge is -2.34. The van der Waals surface area contributed by atoms with Crippen LogP contribution in [0, 0.1) is 0 Å². The maximum atomic E-state index is 13.1. The van der Waals surface area contributed by atoms with Gasteiger partial charge in [0.1, 0.15) is 6.54 Å². The smallest absolute Gasteiger partial charge is 0.295 e. The highest BCUT2D eigenvalue weighted by molar-refractivity contribution is 6.44. The van der Waals surface area contributed by atoms with Crippen molar-refractivity contribution in [2.75, 3.05) is 26.2 Å². The first-order valence-electron chi connectivity index (χ1n) is 10.8. The van der Waals surface area contributed by atoms with Crippen molar-refractivity contribution >= 4 is 28.5 Å². The van der Waals surface area contributed by atoms with Crippen LogP contribution in [0.2, 0.25) is 0 Å². The maximum Gasteiger partial charge on any atom is 0.295 e. The Morgan fingerprint density at radius 2 is 1.63 bits per heavy atom. The van der Waals surface area contributed by atoms with Gasteiger partial charge in [0.2, 0.25) is 5.91 Å². The molecule has 160 valence electrons. The van der Waals surface area contributed by atoms with Gasteiger partial charge in [-0.1, -0.05) is 18.2 Å². The first kappa shape index (κ1) is 20.6. The van der Waals surface area contributed by atoms with Crippen molar-refractivity contribution in [1.29, 1.82) is 0 Å².